The van der Waals surface area contributed by atoms with Gasteiger partial charge in [0.05, 0.1) is 0 Å². The number of rotatable bonds is 1. The Labute approximate surface area is 106 Å². The molecule has 3 aromatic rings. The second-order valence-electron chi connectivity index (χ2n) is 3.81. The summed E-state index contributed by atoms with van der Waals surface area (Å²) in [6.07, 6.45) is 1.67. The van der Waals surface area contributed by atoms with E-state index in [0.717, 1.165) is 0 Å². The lowest BCUT2D eigenvalue weighted by atomic mass is 10.2. The summed E-state index contributed by atoms with van der Waals surface area (Å²) in [5.74, 6) is 0.491. The van der Waals surface area contributed by atoms with Gasteiger partial charge in [-0.3, -0.25) is 4.79 Å². The van der Waals surface area contributed by atoms with Crippen LogP contribution in [0.1, 0.15) is 0 Å². The third kappa shape index (κ3) is 1.67. The molecule has 0 fully saturated rings. The van der Waals surface area contributed by atoms with Crippen molar-refractivity contribution in [3.05, 3.63) is 46.0 Å². The normalized spacial score (nSPS) is 11.0. The predicted octanol–water partition coefficient (Wildman–Crippen LogP) is 1.14. The zero-order valence-corrected chi connectivity index (χ0v) is 10.2. The fourth-order valence-corrected chi connectivity index (χ4v) is 1.77. The van der Waals surface area contributed by atoms with Crippen LogP contribution in [0.2, 0.25) is 5.15 Å². The first-order valence-electron chi connectivity index (χ1n) is 5.20. The molecule has 0 atom stereocenters. The van der Waals surface area contributed by atoms with Crippen molar-refractivity contribution in [2.24, 2.45) is 7.05 Å². The predicted molar refractivity (Wildman–Crippen MR) is 66.5 cm³/mol. The van der Waals surface area contributed by atoms with E-state index in [0.29, 0.717) is 22.2 Å². The molecule has 3 heterocycles. The van der Waals surface area contributed by atoms with E-state index >= 15 is 0 Å². The maximum Gasteiger partial charge on any atom is 0.250 e. The molecule has 0 bridgehead atoms. The highest BCUT2D eigenvalue weighted by Gasteiger charge is 2.10. The van der Waals surface area contributed by atoms with Crippen LogP contribution in [0.15, 0.2) is 35.3 Å². The van der Waals surface area contributed by atoms with Gasteiger partial charge in [-0.25, -0.2) is 0 Å². The van der Waals surface area contributed by atoms with E-state index in [2.05, 4.69) is 15.3 Å². The highest BCUT2D eigenvalue weighted by atomic mass is 35.5. The van der Waals surface area contributed by atoms with Crippen LogP contribution in [0.3, 0.4) is 0 Å². The fraction of sp³-hybridized carbons (Fsp3) is 0.0909. The minimum absolute atomic E-state index is 0.119. The molecule has 0 aromatic carbocycles. The molecule has 0 amide bonds. The molecular weight excluding hydrogens is 254 g/mol. The Morgan fingerprint density at radius 1 is 1.22 bits per heavy atom. The third-order valence-electron chi connectivity index (χ3n) is 2.59. The minimum atomic E-state index is -0.119. The quantitative estimate of drug-likeness (QED) is 0.659. The number of hydrogen-bond acceptors (Lipinski definition) is 4. The van der Waals surface area contributed by atoms with Crippen LogP contribution < -0.4 is 5.56 Å². The van der Waals surface area contributed by atoms with Gasteiger partial charge in [0.15, 0.2) is 11.5 Å². The van der Waals surface area contributed by atoms with Crippen molar-refractivity contribution < 1.29 is 0 Å². The fourth-order valence-electron chi connectivity index (χ4n) is 1.63. The number of hydrogen-bond donors (Lipinski definition) is 0. The summed E-state index contributed by atoms with van der Waals surface area (Å²) in [5.41, 5.74) is 1.11. The molecule has 0 saturated heterocycles. The van der Waals surface area contributed by atoms with E-state index in [-0.39, 0.29) is 5.56 Å². The van der Waals surface area contributed by atoms with Crippen molar-refractivity contribution >= 4 is 17.2 Å². The Bertz CT molecular complexity index is 791. The molecule has 0 aliphatic heterocycles. The van der Waals surface area contributed by atoms with E-state index in [1.807, 2.05) is 0 Å². The summed E-state index contributed by atoms with van der Waals surface area (Å²) in [6.45, 7) is 0. The maximum atomic E-state index is 11.6. The molecule has 18 heavy (non-hydrogen) atoms. The Balaban J connectivity index is 2.28. The summed E-state index contributed by atoms with van der Waals surface area (Å²) >= 11 is 5.84. The van der Waals surface area contributed by atoms with Crippen LogP contribution >= 0.6 is 11.6 Å². The topological polar surface area (TPSA) is 65.1 Å². The molecule has 0 spiro atoms. The summed E-state index contributed by atoms with van der Waals surface area (Å²) in [4.78, 5) is 11.6. The number of aromatic nitrogens is 5. The first-order valence-corrected chi connectivity index (χ1v) is 5.58. The zero-order valence-electron chi connectivity index (χ0n) is 9.41. The van der Waals surface area contributed by atoms with Crippen molar-refractivity contribution in [2.75, 3.05) is 0 Å². The van der Waals surface area contributed by atoms with E-state index in [1.165, 1.54) is 15.1 Å². The van der Waals surface area contributed by atoms with Gasteiger partial charge >= 0.3 is 0 Å². The second-order valence-corrected chi connectivity index (χ2v) is 4.20. The molecule has 3 aromatic heterocycles. The third-order valence-corrected chi connectivity index (χ3v) is 2.79. The lowest BCUT2D eigenvalue weighted by molar-refractivity contribution is 0.857. The van der Waals surface area contributed by atoms with E-state index in [1.54, 1.807) is 31.4 Å². The zero-order chi connectivity index (χ0) is 12.7. The molecule has 0 radical (unpaired) electrons. The molecule has 0 aliphatic rings. The van der Waals surface area contributed by atoms with Crippen LogP contribution in [0, 0.1) is 0 Å². The van der Waals surface area contributed by atoms with E-state index in [9.17, 15) is 4.79 Å². The smallest absolute Gasteiger partial charge is 0.250 e. The average Bonchev–Trinajstić information content (AvgIpc) is 2.75. The Kier molecular flexibility index (Phi) is 2.38. The standard InChI is InChI=1S/C11H8ClN5O/c1-16-5-4-7(6-10(16)18)11-14-13-9-3-2-8(12)15-17(9)11/h2-6H,1H3. The van der Waals surface area contributed by atoms with Gasteiger partial charge in [-0.15, -0.1) is 10.2 Å². The number of pyridine rings is 1. The van der Waals surface area contributed by atoms with Gasteiger partial charge in [-0.1, -0.05) is 11.6 Å². The van der Waals surface area contributed by atoms with E-state index < -0.39 is 0 Å². The van der Waals surface area contributed by atoms with Crippen molar-refractivity contribution in [1.29, 1.82) is 0 Å². The second kappa shape index (κ2) is 3.92. The van der Waals surface area contributed by atoms with Gasteiger partial charge < -0.3 is 4.57 Å². The SMILES string of the molecule is Cn1ccc(-c2nnc3ccc(Cl)nn23)cc1=O. The van der Waals surface area contributed by atoms with Crippen LogP contribution in [0.25, 0.3) is 17.0 Å². The lowest BCUT2D eigenvalue weighted by Crippen LogP contribution is -2.14. The van der Waals surface area contributed by atoms with Crippen LogP contribution in [0.4, 0.5) is 0 Å². The first kappa shape index (κ1) is 10.9. The van der Waals surface area contributed by atoms with Crippen molar-refractivity contribution in [2.45, 2.75) is 0 Å². The summed E-state index contributed by atoms with van der Waals surface area (Å²) < 4.78 is 2.99. The Hall–Kier alpha value is -2.21. The van der Waals surface area contributed by atoms with Crippen LogP contribution in [-0.2, 0) is 7.05 Å². The van der Waals surface area contributed by atoms with Crippen molar-refractivity contribution in [1.82, 2.24) is 24.4 Å². The summed E-state index contributed by atoms with van der Waals surface area (Å²) in [6, 6.07) is 6.62. The number of aryl methyl sites for hydroxylation is 1. The number of halogens is 1. The van der Waals surface area contributed by atoms with Gasteiger partial charge in [-0.05, 0) is 18.2 Å². The van der Waals surface area contributed by atoms with Gasteiger partial charge in [0.1, 0.15) is 5.15 Å². The molecule has 7 heteroatoms. The molecular formula is C11H8ClN5O. The Morgan fingerprint density at radius 2 is 2.06 bits per heavy atom. The van der Waals surface area contributed by atoms with Gasteiger partial charge in [0, 0.05) is 24.9 Å². The van der Waals surface area contributed by atoms with Crippen LogP contribution in [-0.4, -0.2) is 24.4 Å². The van der Waals surface area contributed by atoms with Gasteiger partial charge in [0.2, 0.25) is 0 Å². The van der Waals surface area contributed by atoms with Crippen LogP contribution in [0.5, 0.6) is 0 Å². The lowest BCUT2D eigenvalue weighted by Gasteiger charge is -2.00. The Morgan fingerprint density at radius 3 is 2.83 bits per heavy atom. The summed E-state index contributed by atoms with van der Waals surface area (Å²) in [5, 5.41) is 12.4. The minimum Gasteiger partial charge on any atom is -0.319 e. The van der Waals surface area contributed by atoms with E-state index in [4.69, 9.17) is 11.6 Å². The van der Waals surface area contributed by atoms with Gasteiger partial charge in [0.25, 0.3) is 5.56 Å². The molecule has 0 saturated carbocycles. The highest BCUT2D eigenvalue weighted by molar-refractivity contribution is 6.29. The molecule has 3 rings (SSSR count). The average molecular weight is 262 g/mol. The highest BCUT2D eigenvalue weighted by Crippen LogP contribution is 2.16. The molecule has 0 N–H and O–H groups in total. The molecule has 6 nitrogen and oxygen atoms in total. The monoisotopic (exact) mass is 261 g/mol. The van der Waals surface area contributed by atoms with Crippen molar-refractivity contribution in [3.8, 4) is 11.4 Å². The first-order chi connectivity index (χ1) is 8.65. The van der Waals surface area contributed by atoms with Crippen molar-refractivity contribution in [3.63, 3.8) is 0 Å². The largest absolute Gasteiger partial charge is 0.319 e. The molecule has 0 aliphatic carbocycles. The van der Waals surface area contributed by atoms with Gasteiger partial charge in [-0.2, -0.15) is 9.61 Å². The summed E-state index contributed by atoms with van der Waals surface area (Å²) in [7, 11) is 1.68. The molecule has 90 valence electrons. The molecule has 0 unspecified atom stereocenters. The number of fused-ring (bicyclic) bond motifs is 1. The maximum absolute atomic E-state index is 11.6. The number of nitrogens with zero attached hydrogens (tertiary/aromatic N) is 5.